The van der Waals surface area contributed by atoms with Crippen molar-refractivity contribution in [1.82, 2.24) is 10.6 Å². The molecule has 0 saturated carbocycles. The van der Waals surface area contributed by atoms with E-state index in [0.717, 1.165) is 0 Å². The Morgan fingerprint density at radius 2 is 1.10 bits per heavy atom. The van der Waals surface area contributed by atoms with Gasteiger partial charge in [-0.1, -0.05) is 0 Å². The van der Waals surface area contributed by atoms with Gasteiger partial charge in [-0.15, -0.1) is 0 Å². The van der Waals surface area contributed by atoms with Crippen molar-refractivity contribution in [3.8, 4) is 0 Å². The van der Waals surface area contributed by atoms with Crippen molar-refractivity contribution in [3.63, 3.8) is 0 Å². The number of anilines is 1. The highest BCUT2D eigenvalue weighted by Crippen LogP contribution is 2.32. The maximum Gasteiger partial charge on any atom is 0.252 e. The summed E-state index contributed by atoms with van der Waals surface area (Å²) in [6.45, 7) is 3.82. The van der Waals surface area contributed by atoms with Gasteiger partial charge < -0.3 is 41.5 Å². The van der Waals surface area contributed by atoms with Crippen LogP contribution in [0.4, 0.5) is 5.69 Å². The molecule has 1 aromatic rings. The summed E-state index contributed by atoms with van der Waals surface area (Å²) in [4.78, 5) is 37.9. The number of amides is 3. The number of hydrogen-bond donors (Lipinski definition) is 8. The standard InChI is InChI=1S/C20H31N3O8/c1-9-15(19(30)21-13(5-24)6-25)10(2)17(23-18(29)12(4)28)11(3)16(9)20(31)22-14(7-26)8-27/h12-14,24-28H,5-8H2,1-4H3,(H,21,30)(H,22,31)(H,23,29). The minimum atomic E-state index is -1.35. The molecule has 11 heteroatoms. The van der Waals surface area contributed by atoms with E-state index in [9.17, 15) is 39.9 Å². The minimum absolute atomic E-state index is 0.0353. The Morgan fingerprint density at radius 1 is 0.742 bits per heavy atom. The molecule has 0 aliphatic heterocycles. The summed E-state index contributed by atoms with van der Waals surface area (Å²) >= 11 is 0. The zero-order valence-electron chi connectivity index (χ0n) is 18.0. The van der Waals surface area contributed by atoms with Gasteiger partial charge in [0.05, 0.1) is 38.5 Å². The number of aliphatic hydroxyl groups is 5. The lowest BCUT2D eigenvalue weighted by molar-refractivity contribution is -0.123. The largest absolute Gasteiger partial charge is 0.394 e. The van der Waals surface area contributed by atoms with E-state index in [-0.39, 0.29) is 22.4 Å². The minimum Gasteiger partial charge on any atom is -0.394 e. The van der Waals surface area contributed by atoms with Crippen molar-refractivity contribution >= 4 is 23.4 Å². The zero-order valence-corrected chi connectivity index (χ0v) is 18.0. The van der Waals surface area contributed by atoms with Crippen LogP contribution in [0.15, 0.2) is 0 Å². The molecule has 0 aromatic heterocycles. The quantitative estimate of drug-likeness (QED) is 0.206. The monoisotopic (exact) mass is 441 g/mol. The first-order valence-corrected chi connectivity index (χ1v) is 9.71. The summed E-state index contributed by atoms with van der Waals surface area (Å²) in [7, 11) is 0. The maximum atomic E-state index is 12.9. The van der Waals surface area contributed by atoms with E-state index in [1.54, 1.807) is 13.8 Å². The van der Waals surface area contributed by atoms with Crippen LogP contribution in [-0.2, 0) is 4.79 Å². The summed E-state index contributed by atoms with van der Waals surface area (Å²) in [5.41, 5.74) is 1.09. The Labute approximate surface area is 180 Å². The van der Waals surface area contributed by atoms with E-state index < -0.39 is 62.3 Å². The van der Waals surface area contributed by atoms with Crippen LogP contribution in [0.25, 0.3) is 0 Å². The number of carbonyl (C=O) groups excluding carboxylic acids is 3. The van der Waals surface area contributed by atoms with Crippen LogP contribution in [0.3, 0.4) is 0 Å². The van der Waals surface area contributed by atoms with Gasteiger partial charge in [-0.25, -0.2) is 0 Å². The van der Waals surface area contributed by atoms with Crippen LogP contribution >= 0.6 is 0 Å². The average Bonchev–Trinajstić information content (AvgIpc) is 2.72. The third kappa shape index (κ3) is 6.21. The Hall–Kier alpha value is -2.57. The van der Waals surface area contributed by atoms with E-state index in [1.165, 1.54) is 13.8 Å². The van der Waals surface area contributed by atoms with Crippen molar-refractivity contribution in [2.75, 3.05) is 31.7 Å². The fourth-order valence-electron chi connectivity index (χ4n) is 3.13. The Balaban J connectivity index is 3.66. The SMILES string of the molecule is Cc1c(NC(=O)C(C)O)c(C)c(C(=O)NC(CO)CO)c(C)c1C(=O)NC(CO)CO. The molecule has 1 aromatic carbocycles. The van der Waals surface area contributed by atoms with Gasteiger partial charge in [-0.05, 0) is 44.4 Å². The summed E-state index contributed by atoms with van der Waals surface area (Å²) in [5, 5.41) is 54.0. The Kier molecular flexibility index (Phi) is 10.0. The van der Waals surface area contributed by atoms with Gasteiger partial charge >= 0.3 is 0 Å². The number of rotatable bonds is 10. The molecule has 0 spiro atoms. The first kappa shape index (κ1) is 26.5. The highest BCUT2D eigenvalue weighted by Gasteiger charge is 2.28. The van der Waals surface area contributed by atoms with Gasteiger partial charge in [0.2, 0.25) is 0 Å². The molecule has 1 rings (SSSR count). The summed E-state index contributed by atoms with van der Waals surface area (Å²) < 4.78 is 0. The second kappa shape index (κ2) is 11.7. The highest BCUT2D eigenvalue weighted by molar-refractivity contribution is 6.08. The molecule has 0 radical (unpaired) electrons. The topological polar surface area (TPSA) is 188 Å². The van der Waals surface area contributed by atoms with Crippen LogP contribution in [0.5, 0.6) is 0 Å². The molecule has 8 N–H and O–H groups in total. The molecule has 0 aliphatic rings. The molecular formula is C20H31N3O8. The number of benzene rings is 1. The third-order valence-corrected chi connectivity index (χ3v) is 4.88. The van der Waals surface area contributed by atoms with Crippen LogP contribution in [0, 0.1) is 20.8 Å². The molecule has 174 valence electrons. The summed E-state index contributed by atoms with van der Waals surface area (Å²) in [6.07, 6.45) is -1.35. The van der Waals surface area contributed by atoms with E-state index in [4.69, 9.17) is 0 Å². The van der Waals surface area contributed by atoms with Crippen LogP contribution in [0.1, 0.15) is 44.3 Å². The third-order valence-electron chi connectivity index (χ3n) is 4.88. The number of nitrogens with one attached hydrogen (secondary N) is 3. The molecule has 0 fully saturated rings. The van der Waals surface area contributed by atoms with Gasteiger partial charge in [-0.3, -0.25) is 14.4 Å². The van der Waals surface area contributed by atoms with E-state index >= 15 is 0 Å². The van der Waals surface area contributed by atoms with Crippen LogP contribution in [0.2, 0.25) is 0 Å². The molecule has 31 heavy (non-hydrogen) atoms. The summed E-state index contributed by atoms with van der Waals surface area (Å²) in [6, 6.07) is -1.87. The van der Waals surface area contributed by atoms with Gasteiger partial charge in [-0.2, -0.15) is 0 Å². The molecule has 1 atom stereocenters. The molecule has 0 saturated heterocycles. The van der Waals surface area contributed by atoms with Crippen LogP contribution < -0.4 is 16.0 Å². The first-order valence-electron chi connectivity index (χ1n) is 9.71. The van der Waals surface area contributed by atoms with Crippen molar-refractivity contribution in [1.29, 1.82) is 0 Å². The van der Waals surface area contributed by atoms with Crippen molar-refractivity contribution in [2.24, 2.45) is 0 Å². The van der Waals surface area contributed by atoms with Gasteiger partial charge in [0.25, 0.3) is 17.7 Å². The van der Waals surface area contributed by atoms with Crippen molar-refractivity contribution in [3.05, 3.63) is 27.8 Å². The molecule has 1 unspecified atom stereocenters. The fraction of sp³-hybridized carbons (Fsp3) is 0.550. The predicted octanol–water partition coefficient (Wildman–Crippen LogP) is -1.90. The van der Waals surface area contributed by atoms with Gasteiger partial charge in [0.1, 0.15) is 6.10 Å². The molecular weight excluding hydrogens is 410 g/mol. The maximum absolute atomic E-state index is 12.9. The number of hydrogen-bond acceptors (Lipinski definition) is 8. The fourth-order valence-corrected chi connectivity index (χ4v) is 3.13. The van der Waals surface area contributed by atoms with Crippen molar-refractivity contribution < 1.29 is 39.9 Å². The smallest absolute Gasteiger partial charge is 0.252 e. The van der Waals surface area contributed by atoms with E-state index in [2.05, 4.69) is 16.0 Å². The molecule has 11 nitrogen and oxygen atoms in total. The first-order chi connectivity index (χ1) is 14.5. The second-order valence-electron chi connectivity index (χ2n) is 7.24. The van der Waals surface area contributed by atoms with E-state index in [1.807, 2.05) is 0 Å². The zero-order chi connectivity index (χ0) is 23.9. The lowest BCUT2D eigenvalue weighted by Gasteiger charge is -2.24. The second-order valence-corrected chi connectivity index (χ2v) is 7.24. The lowest BCUT2D eigenvalue weighted by atomic mass is 9.89. The summed E-state index contributed by atoms with van der Waals surface area (Å²) in [5.74, 6) is -2.13. The Morgan fingerprint density at radius 3 is 1.39 bits per heavy atom. The normalized spacial score (nSPS) is 12.1. The molecule has 0 bridgehead atoms. The highest BCUT2D eigenvalue weighted by atomic mass is 16.3. The average molecular weight is 441 g/mol. The van der Waals surface area contributed by atoms with Crippen molar-refractivity contribution in [2.45, 2.75) is 45.9 Å². The lowest BCUT2D eigenvalue weighted by Crippen LogP contribution is -2.42. The molecule has 3 amide bonds. The number of aliphatic hydroxyl groups excluding tert-OH is 5. The molecule has 0 aliphatic carbocycles. The Bertz CT molecular complexity index is 764. The molecule has 0 heterocycles. The predicted molar refractivity (Wildman–Crippen MR) is 112 cm³/mol. The van der Waals surface area contributed by atoms with Gasteiger partial charge in [0, 0.05) is 16.8 Å². The van der Waals surface area contributed by atoms with Gasteiger partial charge in [0.15, 0.2) is 0 Å². The van der Waals surface area contributed by atoms with E-state index in [0.29, 0.717) is 11.1 Å². The number of carbonyl (C=O) groups is 3. The van der Waals surface area contributed by atoms with Crippen LogP contribution in [-0.4, -0.2) is 87.9 Å².